The monoisotopic (exact) mass is 148 g/mol. The van der Waals surface area contributed by atoms with E-state index in [1.165, 1.54) is 0 Å². The van der Waals surface area contributed by atoms with E-state index in [4.69, 9.17) is 10.2 Å². The summed E-state index contributed by atoms with van der Waals surface area (Å²) in [4.78, 5) is 0. The molecule has 2 atom stereocenters. The minimum absolute atomic E-state index is 0.188. The molecule has 0 saturated heterocycles. The summed E-state index contributed by atoms with van der Waals surface area (Å²) in [6, 6.07) is 0. The van der Waals surface area contributed by atoms with Crippen LogP contribution in [-0.2, 0) is 0 Å². The van der Waals surface area contributed by atoms with Crippen LogP contribution in [0.4, 0.5) is 0 Å². The van der Waals surface area contributed by atoms with E-state index < -0.39 is 6.10 Å². The lowest BCUT2D eigenvalue weighted by Crippen LogP contribution is -2.24. The zero-order chi connectivity index (χ0) is 7.28. The van der Waals surface area contributed by atoms with Crippen molar-refractivity contribution in [2.75, 3.05) is 6.61 Å². The molecule has 0 fully saturated rings. The maximum atomic E-state index is 8.88. The highest BCUT2D eigenvalue weighted by Gasteiger charge is 2.10. The van der Waals surface area contributed by atoms with Gasteiger partial charge in [-0.15, -0.1) is 6.58 Å². The van der Waals surface area contributed by atoms with Gasteiger partial charge in [-0.3, -0.25) is 0 Å². The summed E-state index contributed by atoms with van der Waals surface area (Å²) < 4.78 is 0. The lowest BCUT2D eigenvalue weighted by Gasteiger charge is -2.12. The van der Waals surface area contributed by atoms with Gasteiger partial charge >= 0.3 is 0 Å². The fourth-order valence-corrected chi connectivity index (χ4v) is 0.693. The zero-order valence-corrected chi connectivity index (χ0v) is 6.09. The largest absolute Gasteiger partial charge is 0.394 e. The number of allylic oxidation sites excluding steroid dienone is 1. The van der Waals surface area contributed by atoms with Gasteiger partial charge in [0.1, 0.15) is 0 Å². The minimum atomic E-state index is -0.730. The first-order valence-corrected chi connectivity index (χ1v) is 3.32. The van der Waals surface area contributed by atoms with E-state index in [2.05, 4.69) is 19.2 Å². The molecule has 0 aromatic carbocycles. The average Bonchev–Trinajstić information content (AvgIpc) is 1.87. The van der Waals surface area contributed by atoms with Gasteiger partial charge in [-0.05, 0) is 6.42 Å². The van der Waals surface area contributed by atoms with Gasteiger partial charge < -0.3 is 10.2 Å². The van der Waals surface area contributed by atoms with Crippen LogP contribution in [0.25, 0.3) is 0 Å². The lowest BCUT2D eigenvalue weighted by atomic mass is 10.2. The fourth-order valence-electron chi connectivity index (χ4n) is 0.450. The van der Waals surface area contributed by atoms with E-state index in [0.29, 0.717) is 6.42 Å². The summed E-state index contributed by atoms with van der Waals surface area (Å²) in [5.74, 6) is 0. The SMILES string of the molecule is C=CCC(S)C(O)CO. The van der Waals surface area contributed by atoms with Gasteiger partial charge in [0.2, 0.25) is 0 Å². The Kier molecular flexibility index (Phi) is 4.85. The molecule has 0 heterocycles. The van der Waals surface area contributed by atoms with Crippen molar-refractivity contribution in [2.24, 2.45) is 0 Å². The Hall–Kier alpha value is 0.01000. The van der Waals surface area contributed by atoms with Gasteiger partial charge in [0.15, 0.2) is 0 Å². The van der Waals surface area contributed by atoms with Crippen molar-refractivity contribution in [3.05, 3.63) is 12.7 Å². The van der Waals surface area contributed by atoms with Gasteiger partial charge in [0, 0.05) is 5.25 Å². The van der Waals surface area contributed by atoms with Gasteiger partial charge in [-0.25, -0.2) is 0 Å². The second-order valence-corrected chi connectivity index (χ2v) is 2.50. The van der Waals surface area contributed by atoms with E-state index in [1.807, 2.05) is 0 Å². The molecule has 2 nitrogen and oxygen atoms in total. The smallest absolute Gasteiger partial charge is 0.0889 e. The number of hydrogen-bond acceptors (Lipinski definition) is 3. The van der Waals surface area contributed by atoms with Gasteiger partial charge in [-0.1, -0.05) is 6.08 Å². The van der Waals surface area contributed by atoms with Crippen molar-refractivity contribution in [2.45, 2.75) is 17.8 Å². The molecular formula is C6H12O2S. The normalized spacial score (nSPS) is 16.8. The van der Waals surface area contributed by atoms with Crippen LogP contribution in [0.5, 0.6) is 0 Å². The van der Waals surface area contributed by atoms with Gasteiger partial charge in [-0.2, -0.15) is 12.6 Å². The summed E-state index contributed by atoms with van der Waals surface area (Å²) in [6.07, 6.45) is 1.55. The van der Waals surface area contributed by atoms with Gasteiger partial charge in [0.25, 0.3) is 0 Å². The van der Waals surface area contributed by atoms with Crippen LogP contribution in [0.2, 0.25) is 0 Å². The molecule has 54 valence electrons. The number of thiol groups is 1. The Bertz CT molecular complexity index is 85.1. The van der Waals surface area contributed by atoms with Crippen LogP contribution in [0.15, 0.2) is 12.7 Å². The zero-order valence-electron chi connectivity index (χ0n) is 5.20. The van der Waals surface area contributed by atoms with Crippen molar-refractivity contribution < 1.29 is 10.2 Å². The van der Waals surface area contributed by atoms with E-state index >= 15 is 0 Å². The van der Waals surface area contributed by atoms with E-state index in [9.17, 15) is 0 Å². The Morgan fingerprint density at radius 3 is 2.56 bits per heavy atom. The Morgan fingerprint density at radius 1 is 1.67 bits per heavy atom. The van der Waals surface area contributed by atoms with Crippen molar-refractivity contribution in [3.8, 4) is 0 Å². The number of aliphatic hydroxyl groups is 2. The predicted octanol–water partition coefficient (Wildman–Crippen LogP) is 0.214. The first kappa shape index (κ1) is 9.01. The van der Waals surface area contributed by atoms with Crippen LogP contribution in [0.1, 0.15) is 6.42 Å². The summed E-state index contributed by atoms with van der Waals surface area (Å²) in [7, 11) is 0. The topological polar surface area (TPSA) is 40.5 Å². The summed E-state index contributed by atoms with van der Waals surface area (Å²) in [5.41, 5.74) is 0. The molecular weight excluding hydrogens is 136 g/mol. The molecule has 0 rings (SSSR count). The molecule has 3 heteroatoms. The molecule has 0 amide bonds. The molecule has 0 aromatic heterocycles. The Balaban J connectivity index is 3.44. The molecule has 0 aliphatic heterocycles. The molecule has 0 aliphatic rings. The lowest BCUT2D eigenvalue weighted by molar-refractivity contribution is 0.0940. The molecule has 9 heavy (non-hydrogen) atoms. The first-order chi connectivity index (χ1) is 4.22. The predicted molar refractivity (Wildman–Crippen MR) is 40.7 cm³/mol. The maximum Gasteiger partial charge on any atom is 0.0889 e. The van der Waals surface area contributed by atoms with Crippen LogP contribution in [-0.4, -0.2) is 28.2 Å². The quantitative estimate of drug-likeness (QED) is 0.394. The van der Waals surface area contributed by atoms with Crippen molar-refractivity contribution in [1.29, 1.82) is 0 Å². The third-order valence-electron chi connectivity index (χ3n) is 1.04. The van der Waals surface area contributed by atoms with E-state index in [0.717, 1.165) is 0 Å². The third-order valence-corrected chi connectivity index (χ3v) is 1.59. The summed E-state index contributed by atoms with van der Waals surface area (Å²) in [5, 5.41) is 17.1. The van der Waals surface area contributed by atoms with Crippen LogP contribution < -0.4 is 0 Å². The second kappa shape index (κ2) is 4.85. The molecule has 0 aliphatic carbocycles. The second-order valence-electron chi connectivity index (χ2n) is 1.84. The van der Waals surface area contributed by atoms with Crippen LogP contribution in [0, 0.1) is 0 Å². The first-order valence-electron chi connectivity index (χ1n) is 2.80. The Labute approximate surface area is 60.6 Å². The molecule has 0 radical (unpaired) electrons. The molecule has 2 unspecified atom stereocenters. The fraction of sp³-hybridized carbons (Fsp3) is 0.667. The maximum absolute atomic E-state index is 8.88. The Morgan fingerprint density at radius 2 is 2.22 bits per heavy atom. The molecule has 0 spiro atoms. The minimum Gasteiger partial charge on any atom is -0.394 e. The number of aliphatic hydroxyl groups excluding tert-OH is 2. The van der Waals surface area contributed by atoms with Crippen molar-refractivity contribution in [1.82, 2.24) is 0 Å². The third kappa shape index (κ3) is 3.56. The van der Waals surface area contributed by atoms with Crippen molar-refractivity contribution >= 4 is 12.6 Å². The van der Waals surface area contributed by atoms with Crippen molar-refractivity contribution in [3.63, 3.8) is 0 Å². The highest BCUT2D eigenvalue weighted by Crippen LogP contribution is 2.06. The molecule has 0 saturated carbocycles. The highest BCUT2D eigenvalue weighted by molar-refractivity contribution is 7.81. The molecule has 0 bridgehead atoms. The number of hydrogen-bond donors (Lipinski definition) is 3. The van der Waals surface area contributed by atoms with E-state index in [-0.39, 0.29) is 11.9 Å². The van der Waals surface area contributed by atoms with Crippen LogP contribution >= 0.6 is 12.6 Å². The average molecular weight is 148 g/mol. The molecule has 0 aromatic rings. The molecule has 2 N–H and O–H groups in total. The number of rotatable bonds is 4. The standard InChI is InChI=1S/C6H12O2S/c1-2-3-6(9)5(8)4-7/h2,5-9H,1,3-4H2. The highest BCUT2D eigenvalue weighted by atomic mass is 32.1. The van der Waals surface area contributed by atoms with Crippen LogP contribution in [0.3, 0.4) is 0 Å². The summed E-state index contributed by atoms with van der Waals surface area (Å²) >= 11 is 4.00. The van der Waals surface area contributed by atoms with Gasteiger partial charge in [0.05, 0.1) is 12.7 Å². The summed E-state index contributed by atoms with van der Waals surface area (Å²) in [6.45, 7) is 3.24. The van der Waals surface area contributed by atoms with E-state index in [1.54, 1.807) is 6.08 Å².